The van der Waals surface area contributed by atoms with Gasteiger partial charge < -0.3 is 4.74 Å². The first-order chi connectivity index (χ1) is 14.6. The zero-order valence-electron chi connectivity index (χ0n) is 15.5. The van der Waals surface area contributed by atoms with Crippen LogP contribution in [-0.2, 0) is 0 Å². The smallest absolute Gasteiger partial charge is 0.357 e. The summed E-state index contributed by atoms with van der Waals surface area (Å²) < 4.78 is 6.29. The molecule has 0 aliphatic carbocycles. The number of hydrogen-bond donors (Lipinski definition) is 2. The fourth-order valence-electron chi connectivity index (χ4n) is 2.74. The molecule has 2 N–H and O–H groups in total. The van der Waals surface area contributed by atoms with Crippen molar-refractivity contribution in [2.75, 3.05) is 12.5 Å². The molecule has 0 aliphatic heterocycles. The third-order valence-electron chi connectivity index (χ3n) is 4.18. The molecule has 2 aromatic carbocycles. The zero-order chi connectivity index (χ0) is 21.1. The van der Waals surface area contributed by atoms with E-state index in [-0.39, 0.29) is 11.6 Å². The summed E-state index contributed by atoms with van der Waals surface area (Å²) in [6.07, 6.45) is 1.13. The van der Waals surface area contributed by atoms with Crippen molar-refractivity contribution in [3.8, 4) is 11.6 Å². The van der Waals surface area contributed by atoms with Gasteiger partial charge in [-0.1, -0.05) is 17.3 Å². The minimum absolute atomic E-state index is 0.0927. The number of amides is 1. The molecule has 0 atom stereocenters. The molecule has 150 valence electrons. The number of hydrazine groups is 1. The van der Waals surface area contributed by atoms with E-state index in [9.17, 15) is 14.9 Å². The van der Waals surface area contributed by atoms with Crippen LogP contribution in [0.25, 0.3) is 16.9 Å². The van der Waals surface area contributed by atoms with Crippen LogP contribution < -0.4 is 15.6 Å². The summed E-state index contributed by atoms with van der Waals surface area (Å²) in [7, 11) is 1.51. The SMILES string of the molecule is COc1ccc(C(=O)NNc2ncnc(-n3nnc4ccccc43)c2[N+](=O)[O-])cc1. The normalized spacial score (nSPS) is 10.6. The Hall–Kier alpha value is -4.61. The van der Waals surface area contributed by atoms with Crippen LogP contribution in [0.1, 0.15) is 10.4 Å². The Morgan fingerprint density at radius 3 is 2.63 bits per heavy atom. The lowest BCUT2D eigenvalue weighted by Gasteiger charge is -2.10. The predicted octanol–water partition coefficient (Wildman–Crippen LogP) is 1.88. The summed E-state index contributed by atoms with van der Waals surface area (Å²) in [6, 6.07) is 13.3. The van der Waals surface area contributed by atoms with Crippen molar-refractivity contribution in [2.24, 2.45) is 0 Å². The van der Waals surface area contributed by atoms with Gasteiger partial charge in [-0.2, -0.15) is 4.68 Å². The van der Waals surface area contributed by atoms with E-state index in [0.29, 0.717) is 22.3 Å². The van der Waals surface area contributed by atoms with Crippen molar-refractivity contribution in [2.45, 2.75) is 0 Å². The number of carbonyl (C=O) groups excluding carboxylic acids is 1. The molecule has 0 unspecified atom stereocenters. The van der Waals surface area contributed by atoms with Crippen molar-refractivity contribution in [3.05, 3.63) is 70.5 Å². The van der Waals surface area contributed by atoms with Crippen LogP contribution in [0, 0.1) is 10.1 Å². The van der Waals surface area contributed by atoms with Gasteiger partial charge in [0.2, 0.25) is 11.6 Å². The fourth-order valence-corrected chi connectivity index (χ4v) is 2.74. The summed E-state index contributed by atoms with van der Waals surface area (Å²) in [5.41, 5.74) is 5.81. The van der Waals surface area contributed by atoms with Gasteiger partial charge in [-0.3, -0.25) is 25.8 Å². The molecule has 0 fully saturated rings. The number of nitrogens with one attached hydrogen (secondary N) is 2. The van der Waals surface area contributed by atoms with E-state index >= 15 is 0 Å². The van der Waals surface area contributed by atoms with Crippen LogP contribution in [0.5, 0.6) is 5.75 Å². The number of fused-ring (bicyclic) bond motifs is 1. The standard InChI is InChI=1S/C18H14N8O4/c1-30-12-8-6-11(7-9-12)18(27)23-22-16-15(26(28)29)17(20-10-19-16)25-14-5-3-2-4-13(14)21-24-25/h2-10H,1H3,(H,23,27)(H,19,20,22). The number of aromatic nitrogens is 5. The molecule has 12 nitrogen and oxygen atoms in total. The fraction of sp³-hybridized carbons (Fsp3) is 0.0556. The number of rotatable bonds is 6. The van der Waals surface area contributed by atoms with E-state index in [1.54, 1.807) is 48.5 Å². The molecule has 0 bridgehead atoms. The number of anilines is 1. The number of benzene rings is 2. The van der Waals surface area contributed by atoms with Gasteiger partial charge in [0.25, 0.3) is 5.91 Å². The Bertz CT molecular complexity index is 1240. The molecule has 0 aliphatic rings. The molecule has 4 aromatic rings. The number of hydrogen-bond acceptors (Lipinski definition) is 9. The molecule has 0 radical (unpaired) electrons. The first-order valence-corrected chi connectivity index (χ1v) is 8.59. The lowest BCUT2D eigenvalue weighted by atomic mass is 10.2. The van der Waals surface area contributed by atoms with Gasteiger partial charge in [0.15, 0.2) is 0 Å². The number of nitrogens with zero attached hydrogens (tertiary/aromatic N) is 6. The molecule has 4 rings (SSSR count). The zero-order valence-corrected chi connectivity index (χ0v) is 15.5. The number of nitro groups is 1. The van der Waals surface area contributed by atoms with Crippen molar-refractivity contribution in [1.29, 1.82) is 0 Å². The second-order valence-electron chi connectivity index (χ2n) is 5.95. The summed E-state index contributed by atoms with van der Waals surface area (Å²) >= 11 is 0. The third kappa shape index (κ3) is 3.44. The first-order valence-electron chi connectivity index (χ1n) is 8.59. The van der Waals surface area contributed by atoms with Crippen LogP contribution >= 0.6 is 0 Å². The molecular weight excluding hydrogens is 392 g/mol. The van der Waals surface area contributed by atoms with Crippen LogP contribution in [0.2, 0.25) is 0 Å². The highest BCUT2D eigenvalue weighted by Gasteiger charge is 2.26. The summed E-state index contributed by atoms with van der Waals surface area (Å²) in [5, 5.41) is 19.7. The van der Waals surface area contributed by atoms with Gasteiger partial charge in [-0.05, 0) is 36.4 Å². The van der Waals surface area contributed by atoms with Crippen LogP contribution in [0.15, 0.2) is 54.9 Å². The number of para-hydroxylation sites is 1. The van der Waals surface area contributed by atoms with Crippen LogP contribution in [0.4, 0.5) is 11.5 Å². The Labute approximate surface area is 168 Å². The first kappa shape index (κ1) is 18.7. The average Bonchev–Trinajstić information content (AvgIpc) is 3.21. The lowest BCUT2D eigenvalue weighted by molar-refractivity contribution is -0.384. The highest BCUT2D eigenvalue weighted by molar-refractivity contribution is 5.95. The van der Waals surface area contributed by atoms with Crippen molar-refractivity contribution in [3.63, 3.8) is 0 Å². The molecule has 2 aromatic heterocycles. The molecule has 0 saturated carbocycles. The Morgan fingerprint density at radius 1 is 1.13 bits per heavy atom. The van der Waals surface area contributed by atoms with Gasteiger partial charge in [-0.25, -0.2) is 9.97 Å². The van der Waals surface area contributed by atoms with Gasteiger partial charge >= 0.3 is 5.69 Å². The van der Waals surface area contributed by atoms with E-state index in [4.69, 9.17) is 4.74 Å². The molecule has 0 saturated heterocycles. The second-order valence-corrected chi connectivity index (χ2v) is 5.95. The highest BCUT2D eigenvalue weighted by Crippen LogP contribution is 2.28. The van der Waals surface area contributed by atoms with E-state index in [1.807, 2.05) is 0 Å². The van der Waals surface area contributed by atoms with Crippen molar-refractivity contribution >= 4 is 28.4 Å². The van der Waals surface area contributed by atoms with Crippen molar-refractivity contribution in [1.82, 2.24) is 30.4 Å². The van der Waals surface area contributed by atoms with Gasteiger partial charge in [0.05, 0.1) is 17.5 Å². The maximum atomic E-state index is 12.3. The average molecular weight is 406 g/mol. The second kappa shape index (κ2) is 7.79. The molecule has 12 heteroatoms. The van der Waals surface area contributed by atoms with Crippen molar-refractivity contribution < 1.29 is 14.5 Å². The van der Waals surface area contributed by atoms with Gasteiger partial charge in [-0.15, -0.1) is 5.10 Å². The summed E-state index contributed by atoms with van der Waals surface area (Å²) in [5.74, 6) is -0.217. The molecule has 2 heterocycles. The Balaban J connectivity index is 1.65. The topological polar surface area (TPSA) is 150 Å². The van der Waals surface area contributed by atoms with E-state index in [0.717, 1.165) is 6.33 Å². The lowest BCUT2D eigenvalue weighted by Crippen LogP contribution is -2.30. The quantitative estimate of drug-likeness (QED) is 0.361. The van der Waals surface area contributed by atoms with E-state index < -0.39 is 16.5 Å². The summed E-state index contributed by atoms with van der Waals surface area (Å²) in [4.78, 5) is 31.3. The van der Waals surface area contributed by atoms with E-state index in [2.05, 4.69) is 31.1 Å². The van der Waals surface area contributed by atoms with E-state index in [1.165, 1.54) is 11.8 Å². The van der Waals surface area contributed by atoms with Crippen LogP contribution in [-0.4, -0.2) is 42.9 Å². The largest absolute Gasteiger partial charge is 0.497 e. The summed E-state index contributed by atoms with van der Waals surface area (Å²) in [6.45, 7) is 0. The molecular formula is C18H14N8O4. The number of methoxy groups -OCH3 is 1. The van der Waals surface area contributed by atoms with Gasteiger partial charge in [0, 0.05) is 5.56 Å². The van der Waals surface area contributed by atoms with Crippen LogP contribution in [0.3, 0.4) is 0 Å². The number of ether oxygens (including phenoxy) is 1. The maximum absolute atomic E-state index is 12.3. The number of carbonyl (C=O) groups is 1. The predicted molar refractivity (Wildman–Crippen MR) is 105 cm³/mol. The molecule has 1 amide bonds. The third-order valence-corrected chi connectivity index (χ3v) is 4.18. The van der Waals surface area contributed by atoms with Gasteiger partial charge in [0.1, 0.15) is 17.6 Å². The maximum Gasteiger partial charge on any atom is 0.357 e. The minimum Gasteiger partial charge on any atom is -0.497 e. The highest BCUT2D eigenvalue weighted by atomic mass is 16.6. The Morgan fingerprint density at radius 2 is 1.90 bits per heavy atom. The molecule has 30 heavy (non-hydrogen) atoms. The molecule has 0 spiro atoms. The monoisotopic (exact) mass is 406 g/mol. The Kier molecular flexibility index (Phi) is 4.87. The minimum atomic E-state index is -0.659.